The van der Waals surface area contributed by atoms with Crippen LogP contribution in [0.5, 0.6) is 0 Å². The van der Waals surface area contributed by atoms with Crippen molar-refractivity contribution in [2.75, 3.05) is 45.9 Å². The Kier molecular flexibility index (Phi) is 4.42. The molecule has 0 aromatic heterocycles. The fraction of sp³-hybridized carbons (Fsp3) is 0.562. The summed E-state index contributed by atoms with van der Waals surface area (Å²) in [5, 5.41) is 10.7. The first-order valence-electron chi connectivity index (χ1n) is 7.64. The van der Waals surface area contributed by atoms with Crippen LogP contribution >= 0.6 is 0 Å². The maximum absolute atomic E-state index is 13.7. The lowest BCUT2D eigenvalue weighted by Gasteiger charge is -2.33. The van der Waals surface area contributed by atoms with E-state index < -0.39 is 11.4 Å². The third kappa shape index (κ3) is 3.29. The molecule has 0 saturated carbocycles. The van der Waals surface area contributed by atoms with Gasteiger partial charge in [0.25, 0.3) is 5.91 Å². The number of carbonyl (C=O) groups is 1. The van der Waals surface area contributed by atoms with Gasteiger partial charge in [0.2, 0.25) is 0 Å². The number of hydrogen-bond acceptors (Lipinski definition) is 4. The van der Waals surface area contributed by atoms with Crippen molar-refractivity contribution in [3.8, 4) is 0 Å². The number of carbonyl (C=O) groups excluding carboxylic acids is 1. The van der Waals surface area contributed by atoms with Gasteiger partial charge in [-0.15, -0.1) is 0 Å². The molecule has 0 aliphatic carbocycles. The van der Waals surface area contributed by atoms with E-state index in [4.69, 9.17) is 4.74 Å². The zero-order valence-corrected chi connectivity index (χ0v) is 12.5. The predicted octanol–water partition coefficient (Wildman–Crippen LogP) is 0.735. The van der Waals surface area contributed by atoms with Crippen LogP contribution in [0.25, 0.3) is 0 Å². The largest absolute Gasteiger partial charge is 0.387 e. The lowest BCUT2D eigenvalue weighted by molar-refractivity contribution is -0.0257. The van der Waals surface area contributed by atoms with Crippen LogP contribution in [-0.2, 0) is 4.74 Å². The minimum Gasteiger partial charge on any atom is -0.387 e. The van der Waals surface area contributed by atoms with Crippen LogP contribution in [0, 0.1) is 5.82 Å². The van der Waals surface area contributed by atoms with Gasteiger partial charge in [-0.05, 0) is 18.6 Å². The van der Waals surface area contributed by atoms with Crippen molar-refractivity contribution in [2.24, 2.45) is 0 Å². The molecule has 1 amide bonds. The highest BCUT2D eigenvalue weighted by Crippen LogP contribution is 2.25. The maximum atomic E-state index is 13.7. The SMILES string of the molecule is O=C(c1ccccc1F)N1CC[C@](O)(CN2CCOCC2)C1. The molecular formula is C16H21FN2O3. The van der Waals surface area contributed by atoms with Gasteiger partial charge in [0.1, 0.15) is 5.82 Å². The Morgan fingerprint density at radius 3 is 2.73 bits per heavy atom. The molecule has 2 saturated heterocycles. The lowest BCUT2D eigenvalue weighted by Crippen LogP contribution is -2.49. The quantitative estimate of drug-likeness (QED) is 0.895. The van der Waals surface area contributed by atoms with E-state index in [9.17, 15) is 14.3 Å². The summed E-state index contributed by atoms with van der Waals surface area (Å²) in [6.07, 6.45) is 0.518. The molecule has 3 rings (SSSR count). The fourth-order valence-electron chi connectivity index (χ4n) is 3.14. The van der Waals surface area contributed by atoms with E-state index in [1.165, 1.54) is 12.1 Å². The molecule has 0 bridgehead atoms. The molecule has 1 aromatic rings. The predicted molar refractivity (Wildman–Crippen MR) is 79.1 cm³/mol. The molecule has 22 heavy (non-hydrogen) atoms. The minimum atomic E-state index is -0.918. The Morgan fingerprint density at radius 1 is 1.27 bits per heavy atom. The van der Waals surface area contributed by atoms with E-state index in [0.717, 1.165) is 13.1 Å². The molecule has 0 radical (unpaired) electrons. The van der Waals surface area contributed by atoms with Crippen molar-refractivity contribution in [2.45, 2.75) is 12.0 Å². The van der Waals surface area contributed by atoms with Gasteiger partial charge in [-0.25, -0.2) is 4.39 Å². The van der Waals surface area contributed by atoms with Gasteiger partial charge in [0.15, 0.2) is 0 Å². The Morgan fingerprint density at radius 2 is 2.00 bits per heavy atom. The number of rotatable bonds is 3. The second kappa shape index (κ2) is 6.32. The summed E-state index contributed by atoms with van der Waals surface area (Å²) in [5.41, 5.74) is -0.851. The van der Waals surface area contributed by atoms with E-state index >= 15 is 0 Å². The van der Waals surface area contributed by atoms with Crippen molar-refractivity contribution in [1.82, 2.24) is 9.80 Å². The number of ether oxygens (including phenoxy) is 1. The number of nitrogens with zero attached hydrogens (tertiary/aromatic N) is 2. The first kappa shape index (κ1) is 15.4. The topological polar surface area (TPSA) is 53.0 Å². The van der Waals surface area contributed by atoms with Crippen LogP contribution in [-0.4, -0.2) is 72.4 Å². The molecule has 1 N–H and O–H groups in total. The summed E-state index contributed by atoms with van der Waals surface area (Å²) < 4.78 is 19.0. The summed E-state index contributed by atoms with van der Waals surface area (Å²) in [6, 6.07) is 5.97. The van der Waals surface area contributed by atoms with E-state index in [2.05, 4.69) is 4.90 Å². The Balaban J connectivity index is 1.63. The smallest absolute Gasteiger partial charge is 0.256 e. The maximum Gasteiger partial charge on any atom is 0.256 e. The highest BCUT2D eigenvalue weighted by molar-refractivity contribution is 5.94. The number of halogens is 1. The second-order valence-corrected chi connectivity index (χ2v) is 6.07. The van der Waals surface area contributed by atoms with Gasteiger partial charge in [0, 0.05) is 26.2 Å². The van der Waals surface area contributed by atoms with Crippen LogP contribution < -0.4 is 0 Å². The molecule has 2 aliphatic heterocycles. The zero-order chi connectivity index (χ0) is 15.6. The monoisotopic (exact) mass is 308 g/mol. The van der Waals surface area contributed by atoms with E-state index in [-0.39, 0.29) is 18.0 Å². The van der Waals surface area contributed by atoms with Crippen molar-refractivity contribution < 1.29 is 19.0 Å². The molecule has 120 valence electrons. The molecule has 6 heteroatoms. The van der Waals surface area contributed by atoms with Crippen molar-refractivity contribution in [3.63, 3.8) is 0 Å². The number of benzene rings is 1. The normalized spacial score (nSPS) is 26.4. The van der Waals surface area contributed by atoms with Crippen molar-refractivity contribution in [1.29, 1.82) is 0 Å². The second-order valence-electron chi connectivity index (χ2n) is 6.07. The first-order chi connectivity index (χ1) is 10.6. The number of morpholine rings is 1. The number of β-amino-alcohol motifs (C(OH)–C–C–N with tert-alkyl or cyclic N) is 1. The fourth-order valence-corrected chi connectivity index (χ4v) is 3.14. The van der Waals surface area contributed by atoms with E-state index in [0.29, 0.717) is 32.7 Å². The summed E-state index contributed by atoms with van der Waals surface area (Å²) in [5.74, 6) is -0.868. The Labute approximate surface area is 129 Å². The Bertz CT molecular complexity index is 548. The third-order valence-corrected chi connectivity index (χ3v) is 4.35. The molecule has 0 spiro atoms. The van der Waals surface area contributed by atoms with E-state index in [1.807, 2.05) is 0 Å². The van der Waals surface area contributed by atoms with Gasteiger partial charge in [0.05, 0.1) is 30.9 Å². The van der Waals surface area contributed by atoms with Crippen LogP contribution in [0.3, 0.4) is 0 Å². The number of aliphatic hydroxyl groups is 1. The van der Waals surface area contributed by atoms with Crippen LogP contribution in [0.1, 0.15) is 16.8 Å². The summed E-state index contributed by atoms with van der Waals surface area (Å²) in [7, 11) is 0. The molecule has 2 heterocycles. The first-order valence-corrected chi connectivity index (χ1v) is 7.64. The minimum absolute atomic E-state index is 0.0677. The molecular weight excluding hydrogens is 287 g/mol. The van der Waals surface area contributed by atoms with Crippen molar-refractivity contribution in [3.05, 3.63) is 35.6 Å². The lowest BCUT2D eigenvalue weighted by atomic mass is 10.0. The number of hydrogen-bond donors (Lipinski definition) is 1. The van der Waals surface area contributed by atoms with Crippen LogP contribution in [0.4, 0.5) is 4.39 Å². The van der Waals surface area contributed by atoms with Crippen LogP contribution in [0.15, 0.2) is 24.3 Å². The molecule has 2 fully saturated rings. The average molecular weight is 308 g/mol. The molecule has 1 aromatic carbocycles. The van der Waals surface area contributed by atoms with Crippen molar-refractivity contribution >= 4 is 5.91 Å². The average Bonchev–Trinajstić information content (AvgIpc) is 2.90. The van der Waals surface area contributed by atoms with E-state index in [1.54, 1.807) is 17.0 Å². The molecule has 2 aliphatic rings. The molecule has 5 nitrogen and oxygen atoms in total. The summed E-state index contributed by atoms with van der Waals surface area (Å²) in [4.78, 5) is 16.1. The van der Waals surface area contributed by atoms with Gasteiger partial charge in [-0.2, -0.15) is 0 Å². The number of amides is 1. The van der Waals surface area contributed by atoms with Gasteiger partial charge in [-0.1, -0.05) is 12.1 Å². The molecule has 0 unspecified atom stereocenters. The Hall–Kier alpha value is -1.50. The summed E-state index contributed by atoms with van der Waals surface area (Å²) >= 11 is 0. The number of likely N-dealkylation sites (tertiary alicyclic amines) is 1. The summed E-state index contributed by atoms with van der Waals surface area (Å²) in [6.45, 7) is 4.16. The van der Waals surface area contributed by atoms with Gasteiger partial charge in [-0.3, -0.25) is 9.69 Å². The van der Waals surface area contributed by atoms with Gasteiger partial charge < -0.3 is 14.7 Å². The van der Waals surface area contributed by atoms with Crippen LogP contribution in [0.2, 0.25) is 0 Å². The third-order valence-electron chi connectivity index (χ3n) is 4.35. The standard InChI is InChI=1S/C16H21FN2O3/c17-14-4-2-1-3-13(14)15(20)19-6-5-16(21,12-19)11-18-7-9-22-10-8-18/h1-4,21H,5-12H2/t16-/m0/s1. The zero-order valence-electron chi connectivity index (χ0n) is 12.5. The highest BCUT2D eigenvalue weighted by atomic mass is 19.1. The highest BCUT2D eigenvalue weighted by Gasteiger charge is 2.40. The van der Waals surface area contributed by atoms with Gasteiger partial charge >= 0.3 is 0 Å². The molecule has 1 atom stereocenters.